The van der Waals surface area contributed by atoms with Crippen molar-refractivity contribution in [2.45, 2.75) is 19.0 Å². The normalized spacial score (nSPS) is 11.2. The molecule has 1 aromatic carbocycles. The third-order valence-corrected chi connectivity index (χ3v) is 4.09. The van der Waals surface area contributed by atoms with Gasteiger partial charge in [0.15, 0.2) is 17.0 Å². The Labute approximate surface area is 203 Å². The first-order chi connectivity index (χ1) is 14.7. The third-order valence-electron chi connectivity index (χ3n) is 4.09. The van der Waals surface area contributed by atoms with Gasteiger partial charge in [-0.25, -0.2) is 9.97 Å². The van der Waals surface area contributed by atoms with Crippen LogP contribution < -0.4 is 56.8 Å². The van der Waals surface area contributed by atoms with Gasteiger partial charge in [0.1, 0.15) is 0 Å². The number of rotatable bonds is 8. The molecule has 32 heavy (non-hydrogen) atoms. The second kappa shape index (κ2) is 10.7. The number of carboxylic acids is 2. The summed E-state index contributed by atoms with van der Waals surface area (Å²) in [5.41, 5.74) is 13.3. The Bertz CT molecular complexity index is 1160. The van der Waals surface area contributed by atoms with E-state index in [0.717, 1.165) is 0 Å². The van der Waals surface area contributed by atoms with Crippen molar-refractivity contribution in [3.63, 3.8) is 0 Å². The fraction of sp³-hybridized carbons (Fsp3) is 0.167. The molecule has 1 amide bonds. The van der Waals surface area contributed by atoms with E-state index >= 15 is 0 Å². The largest absolute Gasteiger partial charge is 1.00 e. The van der Waals surface area contributed by atoms with Gasteiger partial charge in [-0.05, 0) is 24.3 Å². The first-order valence-corrected chi connectivity index (χ1v) is 8.85. The summed E-state index contributed by atoms with van der Waals surface area (Å²) in [5.74, 6) is -3.67. The topological polar surface area (TPSA) is 222 Å². The van der Waals surface area contributed by atoms with Crippen LogP contribution in [0.15, 0.2) is 30.5 Å². The molecule has 0 aliphatic heterocycles. The van der Waals surface area contributed by atoms with E-state index in [-0.39, 0.29) is 59.1 Å². The number of hydrogen-bond acceptors (Lipinski definition) is 11. The molecule has 1 atom stereocenters. The molecule has 1 unspecified atom stereocenters. The number of nitrogens with two attached hydrogens (primary N) is 2. The molecule has 2 aromatic heterocycles. The summed E-state index contributed by atoms with van der Waals surface area (Å²) in [4.78, 5) is 50.1. The summed E-state index contributed by atoms with van der Waals surface area (Å²) < 4.78 is 0. The minimum absolute atomic E-state index is 0. The average Bonchev–Trinajstić information content (AvgIpc) is 2.71. The van der Waals surface area contributed by atoms with Crippen molar-refractivity contribution in [1.82, 2.24) is 25.3 Å². The number of carbonyl (C=O) groups is 3. The zero-order valence-electron chi connectivity index (χ0n) is 16.9. The number of aromatic nitrogens is 4. The van der Waals surface area contributed by atoms with Crippen molar-refractivity contribution < 1.29 is 54.2 Å². The molecule has 3 rings (SSSR count). The molecule has 2 heterocycles. The minimum Gasteiger partial charge on any atom is -0.548 e. The van der Waals surface area contributed by atoms with E-state index in [9.17, 15) is 19.5 Å². The van der Waals surface area contributed by atoms with Gasteiger partial charge in [0.2, 0.25) is 5.95 Å². The van der Waals surface area contributed by atoms with Crippen LogP contribution in [0.5, 0.6) is 0 Å². The van der Waals surface area contributed by atoms with Crippen molar-refractivity contribution >= 4 is 46.5 Å². The van der Waals surface area contributed by atoms with Gasteiger partial charge in [0.05, 0.1) is 36.9 Å². The second-order valence-corrected chi connectivity index (χ2v) is 6.37. The summed E-state index contributed by atoms with van der Waals surface area (Å²) >= 11 is 0. The van der Waals surface area contributed by atoms with Crippen LogP contribution in [0.25, 0.3) is 11.2 Å². The van der Waals surface area contributed by atoms with Crippen molar-refractivity contribution in [1.29, 1.82) is 0 Å². The zero-order valence-corrected chi connectivity index (χ0v) is 18.9. The molecule has 13 nitrogen and oxygen atoms in total. The second-order valence-electron chi connectivity index (χ2n) is 6.37. The third kappa shape index (κ3) is 6.23. The maximum atomic E-state index is 12.1. The fourth-order valence-electron chi connectivity index (χ4n) is 2.61. The Hall–Kier alpha value is -3.55. The number of aliphatic carboxylic acids is 2. The van der Waals surface area contributed by atoms with Gasteiger partial charge in [-0.1, -0.05) is 0 Å². The van der Waals surface area contributed by atoms with Crippen LogP contribution in [-0.4, -0.2) is 48.9 Å². The van der Waals surface area contributed by atoms with Crippen LogP contribution >= 0.6 is 0 Å². The molecule has 0 radical (unpaired) electrons. The summed E-state index contributed by atoms with van der Waals surface area (Å²) in [6.45, 7) is 0.281. The molecule has 0 saturated carbocycles. The molecule has 0 aliphatic rings. The SMILES string of the molecule is Nc1nc(N)c2nc(CNc3ccc(C(=O)NC(CC(=O)O)C(=O)[O-])cc3)cnc2n1.[Na+]. The summed E-state index contributed by atoms with van der Waals surface area (Å²) in [5, 5.41) is 24.9. The number of carbonyl (C=O) groups excluding carboxylic acids is 2. The van der Waals surface area contributed by atoms with Gasteiger partial charge in [0.25, 0.3) is 5.91 Å². The van der Waals surface area contributed by atoms with Crippen LogP contribution in [0.2, 0.25) is 0 Å². The van der Waals surface area contributed by atoms with E-state index in [4.69, 9.17) is 16.6 Å². The van der Waals surface area contributed by atoms with E-state index in [1.165, 1.54) is 18.3 Å². The molecule has 160 valence electrons. The number of fused-ring (bicyclic) bond motifs is 1. The summed E-state index contributed by atoms with van der Waals surface area (Å²) in [6.07, 6.45) is 0.716. The number of nitrogen functional groups attached to an aromatic ring is 2. The van der Waals surface area contributed by atoms with Crippen LogP contribution in [0, 0.1) is 0 Å². The Morgan fingerprint density at radius 3 is 2.41 bits per heavy atom. The minimum atomic E-state index is -1.68. The standard InChI is InChI=1S/C18H18N8O5.Na/c19-14-13-15(26-18(20)25-14)22-7-10(23-13)6-21-9-3-1-8(2-4-9)16(29)24-11(17(30)31)5-12(27)28;/h1-4,7,11,21H,5-6H2,(H,24,29)(H,27,28)(H,30,31)(H4,19,20,22,25,26);/q;+1/p-1. The van der Waals surface area contributed by atoms with Crippen LogP contribution in [0.1, 0.15) is 22.5 Å². The van der Waals surface area contributed by atoms with E-state index in [1.807, 2.05) is 0 Å². The van der Waals surface area contributed by atoms with Gasteiger partial charge in [0, 0.05) is 11.3 Å². The van der Waals surface area contributed by atoms with E-state index in [2.05, 4.69) is 30.6 Å². The van der Waals surface area contributed by atoms with Gasteiger partial charge in [-0.2, -0.15) is 9.97 Å². The van der Waals surface area contributed by atoms with Crippen molar-refractivity contribution in [3.8, 4) is 0 Å². The Balaban J connectivity index is 0.00000363. The predicted molar refractivity (Wildman–Crippen MR) is 106 cm³/mol. The Kier molecular flexibility index (Phi) is 8.23. The fourth-order valence-corrected chi connectivity index (χ4v) is 2.61. The Morgan fingerprint density at radius 2 is 1.78 bits per heavy atom. The molecule has 0 saturated heterocycles. The number of nitrogens with one attached hydrogen (secondary N) is 2. The number of benzene rings is 1. The van der Waals surface area contributed by atoms with Gasteiger partial charge < -0.3 is 37.1 Å². The van der Waals surface area contributed by atoms with Crippen LogP contribution in [-0.2, 0) is 16.1 Å². The number of anilines is 3. The maximum Gasteiger partial charge on any atom is 1.00 e. The average molecular weight is 448 g/mol. The zero-order chi connectivity index (χ0) is 22.5. The van der Waals surface area contributed by atoms with Crippen LogP contribution in [0.4, 0.5) is 17.5 Å². The quantitative estimate of drug-likeness (QED) is 0.206. The summed E-state index contributed by atoms with van der Waals surface area (Å²) in [6, 6.07) is 4.44. The molecule has 0 bridgehead atoms. The van der Waals surface area contributed by atoms with E-state index in [1.54, 1.807) is 12.1 Å². The van der Waals surface area contributed by atoms with Crippen molar-refractivity contribution in [3.05, 3.63) is 41.7 Å². The molecular formula is C18H17N8NaO5. The molecule has 0 fully saturated rings. The number of amides is 1. The first-order valence-electron chi connectivity index (χ1n) is 8.85. The number of nitrogens with zero attached hydrogens (tertiary/aromatic N) is 4. The first kappa shape index (κ1) is 24.7. The van der Waals surface area contributed by atoms with Gasteiger partial charge in [-0.3, -0.25) is 9.59 Å². The molecule has 0 aliphatic carbocycles. The van der Waals surface area contributed by atoms with E-state index in [0.29, 0.717) is 16.9 Å². The monoisotopic (exact) mass is 448 g/mol. The Morgan fingerprint density at radius 1 is 1.09 bits per heavy atom. The smallest absolute Gasteiger partial charge is 0.548 e. The van der Waals surface area contributed by atoms with Gasteiger partial charge >= 0.3 is 35.5 Å². The maximum absolute atomic E-state index is 12.1. The molecule has 0 spiro atoms. The van der Waals surface area contributed by atoms with Gasteiger partial charge in [-0.15, -0.1) is 0 Å². The molecule has 3 aromatic rings. The van der Waals surface area contributed by atoms with Crippen LogP contribution in [0.3, 0.4) is 0 Å². The number of hydrogen-bond donors (Lipinski definition) is 5. The van der Waals surface area contributed by atoms with Crippen molar-refractivity contribution in [2.75, 3.05) is 16.8 Å². The van der Waals surface area contributed by atoms with E-state index < -0.39 is 30.3 Å². The molecule has 14 heteroatoms. The number of carboxylic acid groups (broad SMARTS) is 2. The van der Waals surface area contributed by atoms with Crippen molar-refractivity contribution in [2.24, 2.45) is 0 Å². The predicted octanol–water partition coefficient (Wildman–Crippen LogP) is -4.48. The molecule has 7 N–H and O–H groups in total. The molecular weight excluding hydrogens is 431 g/mol. The summed E-state index contributed by atoms with van der Waals surface area (Å²) in [7, 11) is 0.